The van der Waals surface area contributed by atoms with Crippen molar-refractivity contribution in [3.05, 3.63) is 35.4 Å². The van der Waals surface area contributed by atoms with Crippen LogP contribution in [-0.2, 0) is 16.0 Å². The maximum absolute atomic E-state index is 12.5. The first-order valence-electron chi connectivity index (χ1n) is 11.0. The van der Waals surface area contributed by atoms with Crippen LogP contribution >= 0.6 is 0 Å². The molecular weight excluding hydrogens is 334 g/mol. The second-order valence-corrected chi connectivity index (χ2v) is 8.69. The van der Waals surface area contributed by atoms with E-state index in [0.29, 0.717) is 31.0 Å². The average molecular weight is 370 g/mol. The van der Waals surface area contributed by atoms with Crippen LogP contribution in [0.2, 0.25) is 0 Å². The molecule has 2 atom stereocenters. The van der Waals surface area contributed by atoms with Crippen molar-refractivity contribution in [3.63, 3.8) is 0 Å². The predicted octanol–water partition coefficient (Wildman–Crippen LogP) is 5.10. The molecule has 2 fully saturated rings. The zero-order chi connectivity index (χ0) is 19.1. The van der Waals surface area contributed by atoms with Gasteiger partial charge in [0.15, 0.2) is 0 Å². The highest BCUT2D eigenvalue weighted by Crippen LogP contribution is 2.36. The van der Waals surface area contributed by atoms with Crippen molar-refractivity contribution in [1.82, 2.24) is 4.90 Å². The molecule has 27 heavy (non-hydrogen) atoms. The molecule has 1 amide bonds. The molecule has 2 aliphatic rings. The predicted molar refractivity (Wildman–Crippen MR) is 110 cm³/mol. The van der Waals surface area contributed by atoms with Gasteiger partial charge in [-0.3, -0.25) is 9.59 Å². The van der Waals surface area contributed by atoms with Crippen molar-refractivity contribution >= 4 is 11.7 Å². The van der Waals surface area contributed by atoms with E-state index in [2.05, 4.69) is 24.0 Å². The van der Waals surface area contributed by atoms with Gasteiger partial charge in [-0.2, -0.15) is 0 Å². The number of rotatable bonds is 8. The molecule has 0 radical (unpaired) electrons. The summed E-state index contributed by atoms with van der Waals surface area (Å²) in [4.78, 5) is 26.7. The summed E-state index contributed by atoms with van der Waals surface area (Å²) in [5.74, 6) is 2.28. The maximum atomic E-state index is 12.5. The molecule has 3 rings (SSSR count). The lowest BCUT2D eigenvalue weighted by Gasteiger charge is -2.41. The molecule has 0 spiro atoms. The Hall–Kier alpha value is -1.64. The molecule has 2 unspecified atom stereocenters. The highest BCUT2D eigenvalue weighted by atomic mass is 16.2. The first-order valence-corrected chi connectivity index (χ1v) is 11.0. The quantitative estimate of drug-likeness (QED) is 0.598. The lowest BCUT2D eigenvalue weighted by atomic mass is 9.75. The Labute approximate surface area is 164 Å². The smallest absolute Gasteiger partial charge is 0.222 e. The number of fused-ring (bicyclic) bond motifs is 1. The van der Waals surface area contributed by atoms with Crippen LogP contribution in [-0.4, -0.2) is 29.7 Å². The van der Waals surface area contributed by atoms with Crippen molar-refractivity contribution in [1.29, 1.82) is 0 Å². The molecule has 1 heterocycles. The molecule has 3 heteroatoms. The zero-order valence-electron chi connectivity index (χ0n) is 16.9. The first-order chi connectivity index (χ1) is 13.1. The molecule has 0 bridgehead atoms. The topological polar surface area (TPSA) is 37.4 Å². The standard InChI is InChI=1S/C24H35NO2/c1-19-11-13-20(14-12-19)17-23(26)9-3-2-4-10-24(27)25-16-15-21-7-5-6-8-22(21)18-25/h11-14,21-22H,2-10,15-18H2,1H3. The number of nitrogens with zero attached hydrogens (tertiary/aromatic N) is 1. The van der Waals surface area contributed by atoms with Gasteiger partial charge in [0.25, 0.3) is 0 Å². The summed E-state index contributed by atoms with van der Waals surface area (Å²) in [5.41, 5.74) is 2.33. The van der Waals surface area contributed by atoms with Gasteiger partial charge in [-0.15, -0.1) is 0 Å². The minimum absolute atomic E-state index is 0.310. The highest BCUT2D eigenvalue weighted by molar-refractivity contribution is 5.80. The number of unbranched alkanes of at least 4 members (excludes halogenated alkanes) is 2. The number of hydrogen-bond acceptors (Lipinski definition) is 2. The highest BCUT2D eigenvalue weighted by Gasteiger charge is 2.32. The van der Waals surface area contributed by atoms with Crippen LogP contribution in [0.4, 0.5) is 0 Å². The van der Waals surface area contributed by atoms with Crippen molar-refractivity contribution in [2.45, 2.75) is 77.6 Å². The van der Waals surface area contributed by atoms with Gasteiger partial charge < -0.3 is 4.90 Å². The third kappa shape index (κ3) is 6.19. The number of benzene rings is 1. The largest absolute Gasteiger partial charge is 0.342 e. The van der Waals surface area contributed by atoms with Crippen LogP contribution < -0.4 is 0 Å². The van der Waals surface area contributed by atoms with E-state index >= 15 is 0 Å². The third-order valence-electron chi connectivity index (χ3n) is 6.51. The van der Waals surface area contributed by atoms with Gasteiger partial charge in [0, 0.05) is 32.4 Å². The van der Waals surface area contributed by atoms with Gasteiger partial charge in [0.2, 0.25) is 5.91 Å². The summed E-state index contributed by atoms with van der Waals surface area (Å²) >= 11 is 0. The fourth-order valence-electron chi connectivity index (χ4n) is 4.78. The van der Waals surface area contributed by atoms with Gasteiger partial charge in [-0.25, -0.2) is 0 Å². The van der Waals surface area contributed by atoms with Crippen LogP contribution in [0.15, 0.2) is 24.3 Å². The van der Waals surface area contributed by atoms with E-state index in [-0.39, 0.29) is 0 Å². The van der Waals surface area contributed by atoms with Crippen molar-refractivity contribution in [2.24, 2.45) is 11.8 Å². The molecule has 1 saturated heterocycles. The summed E-state index contributed by atoms with van der Waals surface area (Å²) in [6.45, 7) is 4.03. The monoisotopic (exact) mass is 369 g/mol. The molecular formula is C24H35NO2. The van der Waals surface area contributed by atoms with Gasteiger partial charge in [-0.05, 0) is 50.0 Å². The summed E-state index contributed by atoms with van der Waals surface area (Å²) in [7, 11) is 0. The molecule has 148 valence electrons. The molecule has 1 saturated carbocycles. The summed E-state index contributed by atoms with van der Waals surface area (Å²) in [5, 5.41) is 0. The number of Topliss-reactive ketones (excluding diaryl/α,β-unsaturated/α-hetero) is 1. The van der Waals surface area contributed by atoms with E-state index in [0.717, 1.165) is 49.8 Å². The second-order valence-electron chi connectivity index (χ2n) is 8.69. The third-order valence-corrected chi connectivity index (χ3v) is 6.51. The molecule has 0 aromatic heterocycles. The SMILES string of the molecule is Cc1ccc(CC(=O)CCCCCC(=O)N2CCC3CCCCC3C2)cc1. The van der Waals surface area contributed by atoms with E-state index in [1.54, 1.807) is 0 Å². The minimum Gasteiger partial charge on any atom is -0.342 e. The number of piperidine rings is 1. The van der Waals surface area contributed by atoms with E-state index < -0.39 is 0 Å². The Balaban J connectivity index is 1.28. The van der Waals surface area contributed by atoms with E-state index in [4.69, 9.17) is 0 Å². The van der Waals surface area contributed by atoms with Crippen LogP contribution in [0.5, 0.6) is 0 Å². The van der Waals surface area contributed by atoms with Crippen LogP contribution in [0.1, 0.15) is 75.3 Å². The second kappa shape index (κ2) is 10.1. The molecule has 3 nitrogen and oxygen atoms in total. The lowest BCUT2D eigenvalue weighted by Crippen LogP contribution is -2.44. The summed E-state index contributed by atoms with van der Waals surface area (Å²) in [6, 6.07) is 8.21. The number of likely N-dealkylation sites (tertiary alicyclic amines) is 1. The number of aryl methyl sites for hydroxylation is 1. The molecule has 0 N–H and O–H groups in total. The summed E-state index contributed by atoms with van der Waals surface area (Å²) in [6.07, 6.45) is 11.3. The van der Waals surface area contributed by atoms with E-state index in [9.17, 15) is 9.59 Å². The van der Waals surface area contributed by atoms with Gasteiger partial charge in [0.05, 0.1) is 0 Å². The average Bonchev–Trinajstić information content (AvgIpc) is 2.69. The fraction of sp³-hybridized carbons (Fsp3) is 0.667. The Morgan fingerprint density at radius 3 is 2.41 bits per heavy atom. The molecule has 1 aromatic carbocycles. The lowest BCUT2D eigenvalue weighted by molar-refractivity contribution is -0.134. The number of hydrogen-bond donors (Lipinski definition) is 0. The Morgan fingerprint density at radius 2 is 1.63 bits per heavy atom. The molecule has 1 aliphatic heterocycles. The summed E-state index contributed by atoms with van der Waals surface area (Å²) < 4.78 is 0. The fourth-order valence-corrected chi connectivity index (χ4v) is 4.78. The van der Waals surface area contributed by atoms with Crippen molar-refractivity contribution in [2.75, 3.05) is 13.1 Å². The van der Waals surface area contributed by atoms with Gasteiger partial charge in [-0.1, -0.05) is 55.5 Å². The van der Waals surface area contributed by atoms with Crippen LogP contribution in [0.3, 0.4) is 0 Å². The normalized spacial score (nSPS) is 22.3. The van der Waals surface area contributed by atoms with E-state index in [1.807, 2.05) is 12.1 Å². The Kier molecular flexibility index (Phi) is 7.49. The van der Waals surface area contributed by atoms with Gasteiger partial charge >= 0.3 is 0 Å². The number of ketones is 1. The number of amides is 1. The van der Waals surface area contributed by atoms with Crippen LogP contribution in [0, 0.1) is 18.8 Å². The number of carbonyl (C=O) groups is 2. The van der Waals surface area contributed by atoms with Crippen molar-refractivity contribution < 1.29 is 9.59 Å². The van der Waals surface area contributed by atoms with Crippen molar-refractivity contribution in [3.8, 4) is 0 Å². The molecule has 1 aromatic rings. The van der Waals surface area contributed by atoms with E-state index in [1.165, 1.54) is 37.7 Å². The van der Waals surface area contributed by atoms with Crippen LogP contribution in [0.25, 0.3) is 0 Å². The minimum atomic E-state index is 0.310. The first kappa shape index (κ1) is 20.1. The Morgan fingerprint density at radius 1 is 0.926 bits per heavy atom. The Bertz CT molecular complexity index is 622. The van der Waals surface area contributed by atoms with Gasteiger partial charge in [0.1, 0.15) is 5.78 Å². The molecule has 1 aliphatic carbocycles. The maximum Gasteiger partial charge on any atom is 0.222 e. The zero-order valence-corrected chi connectivity index (χ0v) is 16.9. The number of carbonyl (C=O) groups excluding carboxylic acids is 2.